The second-order valence-electron chi connectivity index (χ2n) is 4.58. The van der Waals surface area contributed by atoms with Gasteiger partial charge in [0, 0.05) is 10.6 Å². The van der Waals surface area contributed by atoms with E-state index in [-0.39, 0.29) is 5.82 Å². The molecule has 0 amide bonds. The molecule has 1 aromatic heterocycles. The summed E-state index contributed by atoms with van der Waals surface area (Å²) in [5.74, 6) is -0.223. The molecule has 3 rings (SSSR count). The molecule has 0 fully saturated rings. The van der Waals surface area contributed by atoms with Gasteiger partial charge in [-0.1, -0.05) is 0 Å². The molecule has 0 saturated carbocycles. The number of thioether (sulfide) groups is 1. The largest absolute Gasteiger partial charge is 0.330 e. The van der Waals surface area contributed by atoms with Gasteiger partial charge in [-0.05, 0) is 67.4 Å². The van der Waals surface area contributed by atoms with Crippen molar-refractivity contribution in [3.05, 3.63) is 52.5 Å². The Morgan fingerprint density at radius 1 is 1.20 bits per heavy atom. The van der Waals surface area contributed by atoms with Crippen molar-refractivity contribution in [2.45, 2.75) is 11.8 Å². The second-order valence-corrected chi connectivity index (χ2v) is 5.85. The maximum Gasteiger partial charge on any atom is 0.182 e. The van der Waals surface area contributed by atoms with E-state index in [2.05, 4.69) is 17.1 Å². The van der Waals surface area contributed by atoms with Crippen molar-refractivity contribution < 1.29 is 4.39 Å². The van der Waals surface area contributed by atoms with Crippen molar-refractivity contribution in [2.75, 3.05) is 6.26 Å². The van der Waals surface area contributed by atoms with Gasteiger partial charge in [0.15, 0.2) is 4.77 Å². The Bertz CT molecular complexity index is 831. The first-order chi connectivity index (χ1) is 9.60. The van der Waals surface area contributed by atoms with Gasteiger partial charge in [-0.25, -0.2) is 4.39 Å². The number of benzene rings is 2. The van der Waals surface area contributed by atoms with E-state index in [0.29, 0.717) is 15.9 Å². The number of fused-ring (bicyclic) bond motifs is 1. The number of aromatic nitrogens is 2. The summed E-state index contributed by atoms with van der Waals surface area (Å²) < 4.78 is 16.1. The summed E-state index contributed by atoms with van der Waals surface area (Å²) in [6, 6.07) is 11.5. The van der Waals surface area contributed by atoms with Crippen molar-refractivity contribution >= 4 is 35.0 Å². The highest BCUT2D eigenvalue weighted by Crippen LogP contribution is 2.24. The number of hydrogen-bond donors (Lipinski definition) is 1. The molecule has 0 saturated heterocycles. The smallest absolute Gasteiger partial charge is 0.182 e. The Morgan fingerprint density at radius 3 is 2.55 bits per heavy atom. The zero-order chi connectivity index (χ0) is 14.3. The predicted molar refractivity (Wildman–Crippen MR) is 84.9 cm³/mol. The van der Waals surface area contributed by atoms with Crippen LogP contribution in [-0.4, -0.2) is 15.8 Å². The predicted octanol–water partition coefficient (Wildman–Crippen LogP) is 4.86. The van der Waals surface area contributed by atoms with Gasteiger partial charge < -0.3 is 4.98 Å². The third-order valence-corrected chi connectivity index (χ3v) is 4.32. The van der Waals surface area contributed by atoms with Gasteiger partial charge in [-0.3, -0.25) is 4.57 Å². The Morgan fingerprint density at radius 2 is 1.90 bits per heavy atom. The molecule has 0 atom stereocenters. The molecule has 20 heavy (non-hydrogen) atoms. The quantitative estimate of drug-likeness (QED) is 0.539. The van der Waals surface area contributed by atoms with Crippen LogP contribution in [0.1, 0.15) is 5.56 Å². The Balaban J connectivity index is 2.26. The minimum absolute atomic E-state index is 0.223. The van der Waals surface area contributed by atoms with Gasteiger partial charge in [0.1, 0.15) is 5.82 Å². The monoisotopic (exact) mass is 304 g/mol. The molecule has 0 spiro atoms. The van der Waals surface area contributed by atoms with Crippen molar-refractivity contribution in [1.29, 1.82) is 0 Å². The molecule has 102 valence electrons. The molecule has 3 aromatic rings. The van der Waals surface area contributed by atoms with E-state index in [9.17, 15) is 4.39 Å². The van der Waals surface area contributed by atoms with Crippen molar-refractivity contribution in [1.82, 2.24) is 9.55 Å². The lowest BCUT2D eigenvalue weighted by Gasteiger charge is -2.06. The van der Waals surface area contributed by atoms with Gasteiger partial charge in [-0.2, -0.15) is 0 Å². The second kappa shape index (κ2) is 5.07. The van der Waals surface area contributed by atoms with Crippen LogP contribution in [0.15, 0.2) is 41.3 Å². The minimum Gasteiger partial charge on any atom is -0.330 e. The van der Waals surface area contributed by atoms with Gasteiger partial charge in [0.2, 0.25) is 0 Å². The lowest BCUT2D eigenvalue weighted by Crippen LogP contribution is -1.94. The van der Waals surface area contributed by atoms with Crippen LogP contribution in [0.5, 0.6) is 0 Å². The molecule has 0 aliphatic rings. The number of aromatic amines is 1. The molecule has 2 nitrogen and oxygen atoms in total. The number of H-pyrrole nitrogens is 1. The van der Waals surface area contributed by atoms with Crippen LogP contribution in [0.2, 0.25) is 0 Å². The molecule has 0 aliphatic carbocycles. The zero-order valence-corrected chi connectivity index (χ0v) is 12.7. The summed E-state index contributed by atoms with van der Waals surface area (Å²) in [6.45, 7) is 1.76. The van der Waals surface area contributed by atoms with Crippen LogP contribution in [0, 0.1) is 17.5 Å². The van der Waals surface area contributed by atoms with Gasteiger partial charge in [0.25, 0.3) is 0 Å². The molecule has 0 unspecified atom stereocenters. The van der Waals surface area contributed by atoms with Crippen molar-refractivity contribution in [2.24, 2.45) is 0 Å². The summed E-state index contributed by atoms with van der Waals surface area (Å²) >= 11 is 7.06. The number of rotatable bonds is 2. The average molecular weight is 304 g/mol. The lowest BCUT2D eigenvalue weighted by atomic mass is 10.2. The Hall–Kier alpha value is -1.59. The highest BCUT2D eigenvalue weighted by molar-refractivity contribution is 7.98. The number of halogens is 1. The third-order valence-electron chi connectivity index (χ3n) is 3.29. The van der Waals surface area contributed by atoms with Crippen LogP contribution in [0.3, 0.4) is 0 Å². The SMILES string of the molecule is CSc1ccc(-n2c(=S)[nH]c3cc(F)c(C)cc32)cc1. The Kier molecular flexibility index (Phi) is 3.40. The first kappa shape index (κ1) is 13.4. The van der Waals surface area contributed by atoms with E-state index in [0.717, 1.165) is 11.2 Å². The molecule has 0 aliphatic heterocycles. The topological polar surface area (TPSA) is 20.7 Å². The fourth-order valence-corrected chi connectivity index (χ4v) is 2.94. The first-order valence-corrected chi connectivity index (χ1v) is 7.79. The summed E-state index contributed by atoms with van der Waals surface area (Å²) in [5.41, 5.74) is 3.20. The highest BCUT2D eigenvalue weighted by Gasteiger charge is 2.09. The van der Waals surface area contributed by atoms with Crippen molar-refractivity contribution in [3.63, 3.8) is 0 Å². The Labute approximate surface area is 125 Å². The van der Waals surface area contributed by atoms with Crippen LogP contribution in [-0.2, 0) is 0 Å². The molecular formula is C15H13FN2S2. The number of imidazole rings is 1. The molecule has 1 heterocycles. The van der Waals surface area contributed by atoms with E-state index in [4.69, 9.17) is 12.2 Å². The van der Waals surface area contributed by atoms with Crippen LogP contribution in [0.25, 0.3) is 16.7 Å². The van der Waals surface area contributed by atoms with E-state index in [1.807, 2.05) is 29.0 Å². The van der Waals surface area contributed by atoms with Gasteiger partial charge in [-0.15, -0.1) is 11.8 Å². The van der Waals surface area contributed by atoms with Crippen molar-refractivity contribution in [3.8, 4) is 5.69 Å². The number of nitrogens with one attached hydrogen (secondary N) is 1. The molecular weight excluding hydrogens is 291 g/mol. The maximum absolute atomic E-state index is 13.6. The molecule has 0 radical (unpaired) electrons. The van der Waals surface area contributed by atoms with Crippen LogP contribution >= 0.6 is 24.0 Å². The minimum atomic E-state index is -0.223. The molecule has 1 N–H and O–H groups in total. The number of hydrogen-bond acceptors (Lipinski definition) is 2. The normalized spacial score (nSPS) is 11.2. The van der Waals surface area contributed by atoms with Gasteiger partial charge >= 0.3 is 0 Å². The molecule has 2 aromatic carbocycles. The summed E-state index contributed by atoms with van der Waals surface area (Å²) in [5, 5.41) is 0. The first-order valence-electron chi connectivity index (χ1n) is 6.15. The third kappa shape index (κ3) is 2.17. The van der Waals surface area contributed by atoms with E-state index in [1.165, 1.54) is 11.0 Å². The average Bonchev–Trinajstić information content (AvgIpc) is 2.75. The molecule has 5 heteroatoms. The maximum atomic E-state index is 13.6. The highest BCUT2D eigenvalue weighted by atomic mass is 32.2. The standard InChI is InChI=1S/C15H13FN2S2/c1-9-7-14-13(8-12(9)16)17-15(19)18(14)10-3-5-11(20-2)6-4-10/h3-8H,1-2H3,(H,17,19). The van der Waals surface area contributed by atoms with Gasteiger partial charge in [0.05, 0.1) is 11.0 Å². The van der Waals surface area contributed by atoms with E-state index in [1.54, 1.807) is 18.7 Å². The fourth-order valence-electron chi connectivity index (χ4n) is 2.22. The van der Waals surface area contributed by atoms with E-state index < -0.39 is 0 Å². The van der Waals surface area contributed by atoms with Crippen LogP contribution in [0.4, 0.5) is 4.39 Å². The molecule has 0 bridgehead atoms. The number of aryl methyl sites for hydroxylation is 1. The lowest BCUT2D eigenvalue weighted by molar-refractivity contribution is 0.620. The number of nitrogens with zero attached hydrogens (tertiary/aromatic N) is 1. The zero-order valence-electron chi connectivity index (χ0n) is 11.1. The fraction of sp³-hybridized carbons (Fsp3) is 0.133. The summed E-state index contributed by atoms with van der Waals surface area (Å²) in [6.07, 6.45) is 2.04. The van der Waals surface area contributed by atoms with E-state index >= 15 is 0 Å². The summed E-state index contributed by atoms with van der Waals surface area (Å²) in [4.78, 5) is 4.25. The summed E-state index contributed by atoms with van der Waals surface area (Å²) in [7, 11) is 0. The van der Waals surface area contributed by atoms with Crippen LogP contribution < -0.4 is 0 Å².